The van der Waals surface area contributed by atoms with Gasteiger partial charge in [-0.3, -0.25) is 14.5 Å². The molecule has 0 saturated carbocycles. The molecule has 2 rings (SSSR count). The minimum Gasteiger partial charge on any atom is -0.468 e. The van der Waals surface area contributed by atoms with Gasteiger partial charge in [-0.1, -0.05) is 23.7 Å². The lowest BCUT2D eigenvalue weighted by Crippen LogP contribution is -2.43. The van der Waals surface area contributed by atoms with Gasteiger partial charge >= 0.3 is 5.97 Å². The summed E-state index contributed by atoms with van der Waals surface area (Å²) in [5, 5.41) is 3.59. The van der Waals surface area contributed by atoms with E-state index in [0.29, 0.717) is 11.6 Å². The minimum atomic E-state index is -0.285. The number of halogens is 1. The summed E-state index contributed by atoms with van der Waals surface area (Å²) < 4.78 is 4.77. The van der Waals surface area contributed by atoms with Gasteiger partial charge in [-0.05, 0) is 43.5 Å². The Hall–Kier alpha value is -1.59. The van der Waals surface area contributed by atoms with E-state index in [-0.39, 0.29) is 24.5 Å². The SMILES string of the molecule is COC(=O)C1CCCN1CC(=O)NCCc1ccc(Cl)cc1. The third kappa shape index (κ3) is 4.71. The summed E-state index contributed by atoms with van der Waals surface area (Å²) in [5.74, 6) is -0.323. The van der Waals surface area contributed by atoms with Crippen LogP contribution in [-0.2, 0) is 20.7 Å². The lowest BCUT2D eigenvalue weighted by molar-refractivity contribution is -0.146. The third-order valence-electron chi connectivity index (χ3n) is 3.83. The number of rotatable bonds is 6. The summed E-state index contributed by atoms with van der Waals surface area (Å²) in [5.41, 5.74) is 1.12. The van der Waals surface area contributed by atoms with Crippen LogP contribution in [0.5, 0.6) is 0 Å². The van der Waals surface area contributed by atoms with Gasteiger partial charge in [-0.2, -0.15) is 0 Å². The van der Waals surface area contributed by atoms with Gasteiger partial charge in [0, 0.05) is 11.6 Å². The van der Waals surface area contributed by atoms with Crippen molar-refractivity contribution in [1.29, 1.82) is 0 Å². The van der Waals surface area contributed by atoms with Crippen molar-refractivity contribution in [3.05, 3.63) is 34.9 Å². The predicted octanol–water partition coefficient (Wildman–Crippen LogP) is 1.64. The second-order valence-corrected chi connectivity index (χ2v) is 5.81. The maximum absolute atomic E-state index is 12.0. The summed E-state index contributed by atoms with van der Waals surface area (Å²) in [6.07, 6.45) is 2.42. The number of hydrogen-bond donors (Lipinski definition) is 1. The second-order valence-electron chi connectivity index (χ2n) is 5.38. The number of esters is 1. The molecule has 1 unspecified atom stereocenters. The lowest BCUT2D eigenvalue weighted by Gasteiger charge is -2.21. The summed E-state index contributed by atoms with van der Waals surface area (Å²) in [6.45, 7) is 1.56. The van der Waals surface area contributed by atoms with Gasteiger partial charge in [-0.15, -0.1) is 0 Å². The van der Waals surface area contributed by atoms with Crippen LogP contribution in [-0.4, -0.2) is 49.6 Å². The molecular formula is C16H21ClN2O3. The van der Waals surface area contributed by atoms with E-state index in [0.717, 1.165) is 31.4 Å². The van der Waals surface area contributed by atoms with Gasteiger partial charge in [-0.25, -0.2) is 0 Å². The van der Waals surface area contributed by atoms with Crippen molar-refractivity contribution in [2.75, 3.05) is 26.7 Å². The number of benzene rings is 1. The number of ether oxygens (including phenoxy) is 1. The number of amides is 1. The molecule has 6 heteroatoms. The largest absolute Gasteiger partial charge is 0.468 e. The molecule has 0 aliphatic carbocycles. The average molecular weight is 325 g/mol. The maximum atomic E-state index is 12.0. The number of methoxy groups -OCH3 is 1. The zero-order chi connectivity index (χ0) is 15.9. The fourth-order valence-electron chi connectivity index (χ4n) is 2.66. The van der Waals surface area contributed by atoms with Crippen molar-refractivity contribution in [3.8, 4) is 0 Å². The van der Waals surface area contributed by atoms with E-state index in [9.17, 15) is 9.59 Å². The third-order valence-corrected chi connectivity index (χ3v) is 4.08. The van der Waals surface area contributed by atoms with Crippen molar-refractivity contribution in [3.63, 3.8) is 0 Å². The van der Waals surface area contributed by atoms with Crippen molar-refractivity contribution in [2.24, 2.45) is 0 Å². The Morgan fingerprint density at radius 1 is 1.36 bits per heavy atom. The zero-order valence-corrected chi connectivity index (χ0v) is 13.4. The highest BCUT2D eigenvalue weighted by Gasteiger charge is 2.32. The Labute approximate surface area is 135 Å². The number of likely N-dealkylation sites (tertiary alicyclic amines) is 1. The molecule has 1 aliphatic heterocycles. The van der Waals surface area contributed by atoms with Crippen LogP contribution in [0.15, 0.2) is 24.3 Å². The van der Waals surface area contributed by atoms with E-state index in [2.05, 4.69) is 5.32 Å². The molecule has 1 N–H and O–H groups in total. The molecule has 1 atom stereocenters. The monoisotopic (exact) mass is 324 g/mol. The van der Waals surface area contributed by atoms with Crippen molar-refractivity contribution >= 4 is 23.5 Å². The number of hydrogen-bond acceptors (Lipinski definition) is 4. The molecule has 1 amide bonds. The molecular weight excluding hydrogens is 304 g/mol. The van der Waals surface area contributed by atoms with E-state index in [1.165, 1.54) is 7.11 Å². The van der Waals surface area contributed by atoms with Crippen molar-refractivity contribution in [2.45, 2.75) is 25.3 Å². The van der Waals surface area contributed by atoms with Crippen LogP contribution in [0.4, 0.5) is 0 Å². The summed E-state index contributed by atoms with van der Waals surface area (Å²) in [7, 11) is 1.38. The van der Waals surface area contributed by atoms with Crippen LogP contribution in [0.1, 0.15) is 18.4 Å². The van der Waals surface area contributed by atoms with Gasteiger partial charge in [0.25, 0.3) is 0 Å². The Morgan fingerprint density at radius 3 is 2.77 bits per heavy atom. The number of carbonyl (C=O) groups excluding carboxylic acids is 2. The second kappa shape index (κ2) is 8.15. The molecule has 5 nitrogen and oxygen atoms in total. The molecule has 120 valence electrons. The van der Waals surface area contributed by atoms with Crippen molar-refractivity contribution in [1.82, 2.24) is 10.2 Å². The highest BCUT2D eigenvalue weighted by molar-refractivity contribution is 6.30. The first-order chi connectivity index (χ1) is 10.6. The summed E-state index contributed by atoms with van der Waals surface area (Å²) in [6, 6.07) is 7.28. The Balaban J connectivity index is 1.73. The predicted molar refractivity (Wildman–Crippen MR) is 84.8 cm³/mol. The normalized spacial score (nSPS) is 18.2. The Bertz CT molecular complexity index is 519. The van der Waals surface area contributed by atoms with E-state index in [1.807, 2.05) is 29.2 Å². The molecule has 1 saturated heterocycles. The van der Waals surface area contributed by atoms with Gasteiger partial charge < -0.3 is 10.1 Å². The van der Waals surface area contributed by atoms with E-state index in [4.69, 9.17) is 16.3 Å². The average Bonchev–Trinajstić information content (AvgIpc) is 2.96. The van der Waals surface area contributed by atoms with Crippen LogP contribution in [0.25, 0.3) is 0 Å². The van der Waals surface area contributed by atoms with Gasteiger partial charge in [0.2, 0.25) is 5.91 Å². The highest BCUT2D eigenvalue weighted by Crippen LogP contribution is 2.17. The molecule has 1 aromatic carbocycles. The number of nitrogens with zero attached hydrogens (tertiary/aromatic N) is 1. The first-order valence-corrected chi connectivity index (χ1v) is 7.81. The standard InChI is InChI=1S/C16H21ClN2O3/c1-22-16(21)14-3-2-10-19(14)11-15(20)18-9-8-12-4-6-13(17)7-5-12/h4-7,14H,2-3,8-11H2,1H3,(H,18,20). The zero-order valence-electron chi connectivity index (χ0n) is 12.7. The van der Waals surface area contributed by atoms with Gasteiger partial charge in [0.15, 0.2) is 0 Å². The molecule has 1 aromatic rings. The molecule has 1 aliphatic rings. The van der Waals surface area contributed by atoms with Gasteiger partial charge in [0.05, 0.1) is 13.7 Å². The molecule has 0 aromatic heterocycles. The molecule has 1 heterocycles. The van der Waals surface area contributed by atoms with E-state index < -0.39 is 0 Å². The first kappa shape index (κ1) is 16.8. The Morgan fingerprint density at radius 2 is 2.09 bits per heavy atom. The molecule has 0 bridgehead atoms. The quantitative estimate of drug-likeness (QED) is 0.808. The van der Waals surface area contributed by atoms with E-state index >= 15 is 0 Å². The topological polar surface area (TPSA) is 58.6 Å². The van der Waals surface area contributed by atoms with Crippen LogP contribution in [0.3, 0.4) is 0 Å². The number of carbonyl (C=O) groups is 2. The minimum absolute atomic E-state index is 0.0650. The van der Waals surface area contributed by atoms with Crippen LogP contribution in [0.2, 0.25) is 5.02 Å². The smallest absolute Gasteiger partial charge is 0.323 e. The van der Waals surface area contributed by atoms with Crippen molar-refractivity contribution < 1.29 is 14.3 Å². The molecule has 0 spiro atoms. The van der Waals surface area contributed by atoms with E-state index in [1.54, 1.807) is 0 Å². The van der Waals surface area contributed by atoms with Crippen LogP contribution < -0.4 is 5.32 Å². The first-order valence-electron chi connectivity index (χ1n) is 7.43. The van der Waals surface area contributed by atoms with Crippen LogP contribution in [0, 0.1) is 0 Å². The molecule has 1 fully saturated rings. The Kier molecular flexibility index (Phi) is 6.21. The highest BCUT2D eigenvalue weighted by atomic mass is 35.5. The molecule has 22 heavy (non-hydrogen) atoms. The fraction of sp³-hybridized carbons (Fsp3) is 0.500. The van der Waals surface area contributed by atoms with Gasteiger partial charge in [0.1, 0.15) is 6.04 Å². The number of nitrogens with one attached hydrogen (secondary N) is 1. The fourth-order valence-corrected chi connectivity index (χ4v) is 2.78. The van der Waals surface area contributed by atoms with Crippen LogP contribution >= 0.6 is 11.6 Å². The lowest BCUT2D eigenvalue weighted by atomic mass is 10.1. The maximum Gasteiger partial charge on any atom is 0.323 e. The molecule has 0 radical (unpaired) electrons. The summed E-state index contributed by atoms with van der Waals surface area (Å²) >= 11 is 5.83. The summed E-state index contributed by atoms with van der Waals surface area (Å²) in [4.78, 5) is 25.5.